The third kappa shape index (κ3) is 4.96. The normalized spacial score (nSPS) is 11.8. The monoisotopic (exact) mass is 374 g/mol. The molecule has 1 amide bonds. The Morgan fingerprint density at radius 1 is 1.30 bits per heavy atom. The summed E-state index contributed by atoms with van der Waals surface area (Å²) >= 11 is 2.99. The van der Waals surface area contributed by atoms with Crippen molar-refractivity contribution in [2.45, 2.75) is 20.0 Å². The Morgan fingerprint density at radius 3 is 2.30 bits per heavy atom. The van der Waals surface area contributed by atoms with Crippen LogP contribution in [0, 0.1) is 5.41 Å². The number of nitrogens with two attached hydrogens (primary N) is 1. The number of amides is 1. The number of benzene rings is 1. The van der Waals surface area contributed by atoms with Crippen LogP contribution in [0.5, 0.6) is 0 Å². The Hall–Kier alpha value is -0.790. The minimum absolute atomic E-state index is 0. The SMILES string of the molecule is CC(C)(CN)C(=O)Nc1cc(Br)cc(C(F)(F)F)c1.Cl. The van der Waals surface area contributed by atoms with Gasteiger partial charge in [-0.2, -0.15) is 13.2 Å². The topological polar surface area (TPSA) is 55.1 Å². The van der Waals surface area contributed by atoms with E-state index in [1.165, 1.54) is 6.07 Å². The summed E-state index contributed by atoms with van der Waals surface area (Å²) in [5.41, 5.74) is 3.84. The third-order valence-electron chi connectivity index (χ3n) is 2.61. The second kappa shape index (κ2) is 6.78. The first-order chi connectivity index (χ1) is 8.56. The highest BCUT2D eigenvalue weighted by Gasteiger charge is 2.32. The Balaban J connectivity index is 0.00000361. The second-order valence-corrected chi connectivity index (χ2v) is 5.68. The minimum atomic E-state index is -4.47. The van der Waals surface area contributed by atoms with E-state index < -0.39 is 23.1 Å². The maximum Gasteiger partial charge on any atom is 0.416 e. The van der Waals surface area contributed by atoms with Crippen LogP contribution in [0.25, 0.3) is 0 Å². The first-order valence-corrected chi connectivity index (χ1v) is 6.25. The fourth-order valence-electron chi connectivity index (χ4n) is 1.22. The number of hydrogen-bond acceptors (Lipinski definition) is 2. The molecule has 0 aliphatic carbocycles. The molecule has 1 aromatic rings. The molecule has 0 radical (unpaired) electrons. The largest absolute Gasteiger partial charge is 0.416 e. The minimum Gasteiger partial charge on any atom is -0.329 e. The lowest BCUT2D eigenvalue weighted by Gasteiger charge is -2.21. The molecule has 1 aromatic carbocycles. The van der Waals surface area contributed by atoms with Crippen molar-refractivity contribution in [2.75, 3.05) is 11.9 Å². The van der Waals surface area contributed by atoms with Gasteiger partial charge in [-0.25, -0.2) is 0 Å². The fraction of sp³-hybridized carbons (Fsp3) is 0.417. The van der Waals surface area contributed by atoms with Crippen LogP contribution in [-0.2, 0) is 11.0 Å². The lowest BCUT2D eigenvalue weighted by atomic mass is 9.92. The summed E-state index contributed by atoms with van der Waals surface area (Å²) in [6.07, 6.45) is -4.47. The van der Waals surface area contributed by atoms with Crippen LogP contribution in [0.3, 0.4) is 0 Å². The van der Waals surface area contributed by atoms with E-state index in [1.807, 2.05) is 0 Å². The van der Waals surface area contributed by atoms with E-state index in [2.05, 4.69) is 21.2 Å². The zero-order valence-corrected chi connectivity index (χ0v) is 13.2. The summed E-state index contributed by atoms with van der Waals surface area (Å²) in [4.78, 5) is 11.8. The third-order valence-corrected chi connectivity index (χ3v) is 3.07. The molecule has 0 heterocycles. The number of hydrogen-bond donors (Lipinski definition) is 2. The van der Waals surface area contributed by atoms with Gasteiger partial charge in [0.2, 0.25) is 5.91 Å². The van der Waals surface area contributed by atoms with Gasteiger partial charge in [-0.15, -0.1) is 12.4 Å². The van der Waals surface area contributed by atoms with Crippen molar-refractivity contribution in [3.8, 4) is 0 Å². The van der Waals surface area contributed by atoms with Crippen LogP contribution in [-0.4, -0.2) is 12.5 Å². The fourth-order valence-corrected chi connectivity index (χ4v) is 1.71. The van der Waals surface area contributed by atoms with E-state index in [4.69, 9.17) is 5.73 Å². The zero-order valence-electron chi connectivity index (χ0n) is 10.8. The number of alkyl halides is 3. The summed E-state index contributed by atoms with van der Waals surface area (Å²) < 4.78 is 38.1. The van der Waals surface area contributed by atoms with Gasteiger partial charge in [0, 0.05) is 16.7 Å². The average molecular weight is 376 g/mol. The van der Waals surface area contributed by atoms with Crippen molar-refractivity contribution in [3.05, 3.63) is 28.2 Å². The average Bonchev–Trinajstić information content (AvgIpc) is 2.27. The van der Waals surface area contributed by atoms with E-state index in [0.29, 0.717) is 0 Å². The van der Waals surface area contributed by atoms with Crippen LogP contribution in [0.2, 0.25) is 0 Å². The molecular formula is C12H15BrClF3N2O. The smallest absolute Gasteiger partial charge is 0.329 e. The Morgan fingerprint density at radius 2 is 1.85 bits per heavy atom. The van der Waals surface area contributed by atoms with Gasteiger partial charge in [-0.05, 0) is 32.0 Å². The van der Waals surface area contributed by atoms with Crippen molar-refractivity contribution < 1.29 is 18.0 Å². The molecule has 0 bridgehead atoms. The van der Waals surface area contributed by atoms with Gasteiger partial charge in [0.1, 0.15) is 0 Å². The van der Waals surface area contributed by atoms with Gasteiger partial charge >= 0.3 is 6.18 Å². The molecule has 0 aliphatic rings. The molecule has 0 unspecified atom stereocenters. The van der Waals surface area contributed by atoms with Gasteiger partial charge in [-0.3, -0.25) is 4.79 Å². The lowest BCUT2D eigenvalue weighted by Crippen LogP contribution is -2.37. The van der Waals surface area contributed by atoms with Crippen molar-refractivity contribution >= 4 is 39.9 Å². The van der Waals surface area contributed by atoms with Crippen LogP contribution in [0.1, 0.15) is 19.4 Å². The lowest BCUT2D eigenvalue weighted by molar-refractivity contribution is -0.137. The summed E-state index contributed by atoms with van der Waals surface area (Å²) in [7, 11) is 0. The first kappa shape index (κ1) is 19.2. The standard InChI is InChI=1S/C12H14BrF3N2O.ClH/c1-11(2,6-17)10(19)18-9-4-7(12(14,15)16)3-8(13)5-9;/h3-5H,6,17H2,1-2H3,(H,18,19);1H. The predicted octanol–water partition coefficient (Wildman–Crippen LogP) is 3.81. The molecule has 114 valence electrons. The zero-order chi connectivity index (χ0) is 14.8. The van der Waals surface area contributed by atoms with E-state index in [9.17, 15) is 18.0 Å². The van der Waals surface area contributed by atoms with Crippen LogP contribution < -0.4 is 11.1 Å². The number of carbonyl (C=O) groups excluding carboxylic acids is 1. The summed E-state index contributed by atoms with van der Waals surface area (Å²) in [5, 5.41) is 2.44. The van der Waals surface area contributed by atoms with Gasteiger partial charge in [0.15, 0.2) is 0 Å². The summed E-state index contributed by atoms with van der Waals surface area (Å²) in [6.45, 7) is 3.33. The van der Waals surface area contributed by atoms with Crippen molar-refractivity contribution in [3.63, 3.8) is 0 Å². The first-order valence-electron chi connectivity index (χ1n) is 5.45. The molecule has 1 rings (SSSR count). The number of carbonyl (C=O) groups is 1. The maximum absolute atomic E-state index is 12.6. The molecule has 0 spiro atoms. The molecule has 0 fully saturated rings. The molecule has 0 aromatic heterocycles. The molecule has 3 nitrogen and oxygen atoms in total. The molecule has 20 heavy (non-hydrogen) atoms. The second-order valence-electron chi connectivity index (χ2n) is 4.77. The number of anilines is 1. The highest BCUT2D eigenvalue weighted by Crippen LogP contribution is 2.33. The van der Waals surface area contributed by atoms with E-state index in [-0.39, 0.29) is 29.1 Å². The molecule has 3 N–H and O–H groups in total. The molecule has 0 aliphatic heterocycles. The number of halogens is 5. The van der Waals surface area contributed by atoms with Crippen LogP contribution in [0.15, 0.2) is 22.7 Å². The molecule has 0 saturated carbocycles. The molecule has 0 atom stereocenters. The number of rotatable bonds is 3. The van der Waals surface area contributed by atoms with Crippen molar-refractivity contribution in [1.29, 1.82) is 0 Å². The Labute approximate surface area is 129 Å². The summed E-state index contributed by atoms with van der Waals surface area (Å²) in [6, 6.07) is 3.23. The van der Waals surface area contributed by atoms with E-state index >= 15 is 0 Å². The van der Waals surface area contributed by atoms with Crippen molar-refractivity contribution in [2.24, 2.45) is 11.1 Å². The Kier molecular flexibility index (Phi) is 6.51. The van der Waals surface area contributed by atoms with Gasteiger partial charge in [0.25, 0.3) is 0 Å². The van der Waals surface area contributed by atoms with Gasteiger partial charge in [0.05, 0.1) is 11.0 Å². The van der Waals surface area contributed by atoms with Crippen LogP contribution in [0.4, 0.5) is 18.9 Å². The van der Waals surface area contributed by atoms with Crippen LogP contribution >= 0.6 is 28.3 Å². The molecule has 0 saturated heterocycles. The highest BCUT2D eigenvalue weighted by molar-refractivity contribution is 9.10. The van der Waals surface area contributed by atoms with Crippen molar-refractivity contribution in [1.82, 2.24) is 0 Å². The number of nitrogens with one attached hydrogen (secondary N) is 1. The van der Waals surface area contributed by atoms with E-state index in [1.54, 1.807) is 13.8 Å². The highest BCUT2D eigenvalue weighted by atomic mass is 79.9. The molecule has 8 heteroatoms. The predicted molar refractivity (Wildman–Crippen MR) is 77.9 cm³/mol. The van der Waals surface area contributed by atoms with E-state index in [0.717, 1.165) is 12.1 Å². The summed E-state index contributed by atoms with van der Waals surface area (Å²) in [5.74, 6) is -0.429. The van der Waals surface area contributed by atoms with Gasteiger partial charge in [-0.1, -0.05) is 15.9 Å². The maximum atomic E-state index is 12.6. The molecular weight excluding hydrogens is 360 g/mol. The van der Waals surface area contributed by atoms with Gasteiger partial charge < -0.3 is 11.1 Å². The Bertz CT molecular complexity index is 492. The quantitative estimate of drug-likeness (QED) is 0.844.